The number of halogens is 3. The standard InChI is InChI=1S/C13H19F3N4S/c1-2-9(17)10(13(14,15)16)21-12-19-18-11(7-3-4-7)20(12)8-5-6-8/h7-10H,2-6,17H2,1H3. The van der Waals surface area contributed by atoms with Gasteiger partial charge in [-0.1, -0.05) is 18.7 Å². The molecule has 2 aliphatic carbocycles. The second kappa shape index (κ2) is 5.46. The van der Waals surface area contributed by atoms with Crippen LogP contribution < -0.4 is 5.73 Å². The molecule has 0 bridgehead atoms. The smallest absolute Gasteiger partial charge is 0.326 e. The normalized spacial score (nSPS) is 22.3. The van der Waals surface area contributed by atoms with Crippen molar-refractivity contribution in [3.63, 3.8) is 0 Å². The van der Waals surface area contributed by atoms with Crippen molar-refractivity contribution in [1.29, 1.82) is 0 Å². The Kier molecular flexibility index (Phi) is 3.94. The van der Waals surface area contributed by atoms with Gasteiger partial charge in [-0.25, -0.2) is 0 Å². The third-order valence-electron chi connectivity index (χ3n) is 3.96. The molecule has 2 atom stereocenters. The number of hydrogen-bond donors (Lipinski definition) is 1. The molecule has 0 saturated heterocycles. The van der Waals surface area contributed by atoms with Gasteiger partial charge in [-0.05, 0) is 32.1 Å². The first-order valence-corrected chi connectivity index (χ1v) is 8.23. The Morgan fingerprint density at radius 3 is 2.43 bits per heavy atom. The lowest BCUT2D eigenvalue weighted by molar-refractivity contribution is -0.132. The summed E-state index contributed by atoms with van der Waals surface area (Å²) in [4.78, 5) is 0. The van der Waals surface area contributed by atoms with E-state index in [2.05, 4.69) is 10.2 Å². The van der Waals surface area contributed by atoms with Crippen LogP contribution in [-0.2, 0) is 0 Å². The molecule has 118 valence electrons. The summed E-state index contributed by atoms with van der Waals surface area (Å²) >= 11 is 0.729. The van der Waals surface area contributed by atoms with Crippen LogP contribution in [0.3, 0.4) is 0 Å². The van der Waals surface area contributed by atoms with Crippen LogP contribution in [0.1, 0.15) is 56.8 Å². The van der Waals surface area contributed by atoms with Crippen LogP contribution >= 0.6 is 11.8 Å². The molecule has 3 rings (SSSR count). The fourth-order valence-corrected chi connectivity index (χ4v) is 3.56. The average molecular weight is 320 g/mol. The van der Waals surface area contributed by atoms with Crippen molar-refractivity contribution in [2.75, 3.05) is 0 Å². The first-order valence-electron chi connectivity index (χ1n) is 7.35. The van der Waals surface area contributed by atoms with Gasteiger partial charge in [-0.15, -0.1) is 10.2 Å². The number of nitrogens with two attached hydrogens (primary N) is 1. The van der Waals surface area contributed by atoms with Crippen molar-refractivity contribution >= 4 is 11.8 Å². The fourth-order valence-electron chi connectivity index (χ4n) is 2.39. The number of thioether (sulfide) groups is 1. The Morgan fingerprint density at radius 1 is 1.29 bits per heavy atom. The van der Waals surface area contributed by atoms with Gasteiger partial charge in [-0.2, -0.15) is 13.2 Å². The number of rotatable bonds is 6. The zero-order valence-corrected chi connectivity index (χ0v) is 12.6. The highest BCUT2D eigenvalue weighted by Gasteiger charge is 2.46. The largest absolute Gasteiger partial charge is 0.402 e. The van der Waals surface area contributed by atoms with E-state index < -0.39 is 17.5 Å². The highest BCUT2D eigenvalue weighted by Crippen LogP contribution is 2.47. The third kappa shape index (κ3) is 3.21. The molecule has 21 heavy (non-hydrogen) atoms. The van der Waals surface area contributed by atoms with Gasteiger partial charge in [0.25, 0.3) is 0 Å². The van der Waals surface area contributed by atoms with E-state index in [4.69, 9.17) is 5.73 Å². The van der Waals surface area contributed by atoms with Gasteiger partial charge in [0.15, 0.2) is 5.16 Å². The topological polar surface area (TPSA) is 56.7 Å². The number of alkyl halides is 3. The van der Waals surface area contributed by atoms with E-state index in [0.717, 1.165) is 43.3 Å². The molecule has 2 aliphatic rings. The van der Waals surface area contributed by atoms with E-state index >= 15 is 0 Å². The van der Waals surface area contributed by atoms with Crippen LogP contribution in [0.15, 0.2) is 5.16 Å². The molecule has 8 heteroatoms. The summed E-state index contributed by atoms with van der Waals surface area (Å²) in [5.74, 6) is 1.25. The maximum Gasteiger partial charge on any atom is 0.402 e. The highest BCUT2D eigenvalue weighted by molar-refractivity contribution is 7.99. The predicted molar refractivity (Wildman–Crippen MR) is 74.2 cm³/mol. The van der Waals surface area contributed by atoms with E-state index in [9.17, 15) is 13.2 Å². The Balaban J connectivity index is 1.85. The summed E-state index contributed by atoms with van der Waals surface area (Å²) < 4.78 is 41.6. The molecule has 2 fully saturated rings. The number of nitrogens with zero attached hydrogens (tertiary/aromatic N) is 3. The van der Waals surface area contributed by atoms with Crippen molar-refractivity contribution in [2.45, 2.75) is 73.6 Å². The van der Waals surface area contributed by atoms with Gasteiger partial charge in [0.1, 0.15) is 11.1 Å². The lowest BCUT2D eigenvalue weighted by Crippen LogP contribution is -2.42. The quantitative estimate of drug-likeness (QED) is 0.818. The summed E-state index contributed by atoms with van der Waals surface area (Å²) in [6.07, 6.45) is 0.0768. The molecule has 0 spiro atoms. The molecule has 2 unspecified atom stereocenters. The first-order chi connectivity index (χ1) is 9.91. The Bertz CT molecular complexity index is 508. The predicted octanol–water partition coefficient (Wildman–Crippen LogP) is 3.25. The molecule has 1 aromatic rings. The van der Waals surface area contributed by atoms with Gasteiger partial charge >= 0.3 is 6.18 Å². The van der Waals surface area contributed by atoms with Crippen LogP contribution in [0.2, 0.25) is 0 Å². The van der Waals surface area contributed by atoms with Crippen LogP contribution in [0.4, 0.5) is 13.2 Å². The van der Waals surface area contributed by atoms with Crippen LogP contribution in [0.5, 0.6) is 0 Å². The van der Waals surface area contributed by atoms with E-state index in [-0.39, 0.29) is 12.5 Å². The zero-order chi connectivity index (χ0) is 15.2. The average Bonchev–Trinajstić information content (AvgIpc) is 3.32. The van der Waals surface area contributed by atoms with E-state index in [1.165, 1.54) is 0 Å². The molecule has 2 saturated carbocycles. The molecule has 2 N–H and O–H groups in total. The molecular weight excluding hydrogens is 301 g/mol. The maximum atomic E-state index is 13.2. The molecule has 1 heterocycles. The zero-order valence-electron chi connectivity index (χ0n) is 11.8. The SMILES string of the molecule is CCC(N)C(Sc1nnc(C2CC2)n1C1CC1)C(F)(F)F. The lowest BCUT2D eigenvalue weighted by Gasteiger charge is -2.24. The Hall–Kier alpha value is -0.760. The molecule has 0 radical (unpaired) electrons. The molecule has 0 aliphatic heterocycles. The number of hydrogen-bond acceptors (Lipinski definition) is 4. The molecule has 4 nitrogen and oxygen atoms in total. The third-order valence-corrected chi connectivity index (χ3v) is 5.32. The number of aromatic nitrogens is 3. The summed E-state index contributed by atoms with van der Waals surface area (Å²) in [5, 5.41) is 6.92. The monoisotopic (exact) mass is 320 g/mol. The molecular formula is C13H19F3N4S. The Morgan fingerprint density at radius 2 is 1.95 bits per heavy atom. The van der Waals surface area contributed by atoms with Crippen molar-refractivity contribution < 1.29 is 13.2 Å². The van der Waals surface area contributed by atoms with Crippen molar-refractivity contribution in [2.24, 2.45) is 5.73 Å². The van der Waals surface area contributed by atoms with Gasteiger partial charge < -0.3 is 10.3 Å². The minimum absolute atomic E-state index is 0.282. The molecule has 0 aromatic carbocycles. The Labute approximate surface area is 125 Å². The highest BCUT2D eigenvalue weighted by atomic mass is 32.2. The van der Waals surface area contributed by atoms with Crippen LogP contribution in [-0.4, -0.2) is 32.2 Å². The lowest BCUT2D eigenvalue weighted by atomic mass is 10.1. The minimum Gasteiger partial charge on any atom is -0.326 e. The van der Waals surface area contributed by atoms with Crippen molar-refractivity contribution in [1.82, 2.24) is 14.8 Å². The second-order valence-electron chi connectivity index (χ2n) is 5.87. The van der Waals surface area contributed by atoms with Gasteiger partial charge in [0.2, 0.25) is 0 Å². The minimum atomic E-state index is -4.33. The molecule has 0 amide bonds. The summed E-state index contributed by atoms with van der Waals surface area (Å²) in [7, 11) is 0. The van der Waals surface area contributed by atoms with Crippen molar-refractivity contribution in [3.05, 3.63) is 5.82 Å². The van der Waals surface area contributed by atoms with Gasteiger partial charge in [0.05, 0.1) is 0 Å². The first kappa shape index (κ1) is 15.1. The van der Waals surface area contributed by atoms with Crippen LogP contribution in [0.25, 0.3) is 0 Å². The van der Waals surface area contributed by atoms with E-state index in [1.54, 1.807) is 6.92 Å². The van der Waals surface area contributed by atoms with Crippen molar-refractivity contribution in [3.8, 4) is 0 Å². The van der Waals surface area contributed by atoms with Gasteiger partial charge in [-0.3, -0.25) is 0 Å². The second-order valence-corrected chi connectivity index (χ2v) is 6.98. The summed E-state index contributed by atoms with van der Waals surface area (Å²) in [5.41, 5.74) is 5.67. The maximum absolute atomic E-state index is 13.2. The van der Waals surface area contributed by atoms with Gasteiger partial charge in [0, 0.05) is 18.0 Å². The van der Waals surface area contributed by atoms with E-state index in [0.29, 0.717) is 11.1 Å². The summed E-state index contributed by atoms with van der Waals surface area (Å²) in [6, 6.07) is -0.645. The van der Waals surface area contributed by atoms with Crippen LogP contribution in [0, 0.1) is 0 Å². The molecule has 1 aromatic heterocycles. The fraction of sp³-hybridized carbons (Fsp3) is 0.846. The summed E-state index contributed by atoms with van der Waals surface area (Å²) in [6.45, 7) is 1.67. The van der Waals surface area contributed by atoms with E-state index in [1.807, 2.05) is 4.57 Å².